The number of benzene rings is 1. The molecule has 0 aliphatic heterocycles. The van der Waals surface area contributed by atoms with Crippen LogP contribution >= 0.6 is 0 Å². The fraction of sp³-hybridized carbons (Fsp3) is 0.375. The van der Waals surface area contributed by atoms with E-state index in [1.165, 1.54) is 0 Å². The molecule has 0 fully saturated rings. The summed E-state index contributed by atoms with van der Waals surface area (Å²) in [6.45, 7) is 6.91. The van der Waals surface area contributed by atoms with Crippen LogP contribution in [0, 0.1) is 6.92 Å². The number of ether oxygens (including phenoxy) is 2. The van der Waals surface area contributed by atoms with Crippen molar-refractivity contribution in [1.82, 2.24) is 4.98 Å². The number of rotatable bonds is 5. The smallest absolute Gasteiger partial charge is 0.349 e. The number of hydrogen-bond acceptors (Lipinski definition) is 4. The molecule has 1 aromatic heterocycles. The molecule has 1 heterocycles. The van der Waals surface area contributed by atoms with Crippen LogP contribution in [-0.4, -0.2) is 34.2 Å². The van der Waals surface area contributed by atoms with Gasteiger partial charge >= 0.3 is 11.9 Å². The van der Waals surface area contributed by atoms with Crippen LogP contribution in [0.1, 0.15) is 36.8 Å². The van der Waals surface area contributed by atoms with Gasteiger partial charge in [0.1, 0.15) is 5.75 Å². The molecule has 6 heteroatoms. The summed E-state index contributed by atoms with van der Waals surface area (Å²) in [7, 11) is 0. The van der Waals surface area contributed by atoms with E-state index in [1.807, 2.05) is 0 Å². The van der Waals surface area contributed by atoms with Crippen molar-refractivity contribution in [1.29, 1.82) is 0 Å². The SMILES string of the molecule is CCOC(=O)C(C)(C)Oc1ccc2[nH]c(C)c(C(=O)O)c2c1. The van der Waals surface area contributed by atoms with Crippen LogP contribution in [-0.2, 0) is 9.53 Å². The molecule has 0 aliphatic carbocycles. The second-order valence-electron chi connectivity index (χ2n) is 5.47. The summed E-state index contributed by atoms with van der Waals surface area (Å²) in [5.41, 5.74) is 0.327. The topological polar surface area (TPSA) is 88.6 Å². The number of carboxylic acid groups (broad SMARTS) is 1. The van der Waals surface area contributed by atoms with Crippen molar-refractivity contribution in [2.45, 2.75) is 33.3 Å². The molecule has 0 aliphatic rings. The van der Waals surface area contributed by atoms with Crippen molar-refractivity contribution >= 4 is 22.8 Å². The number of carbonyl (C=O) groups excluding carboxylic acids is 1. The van der Waals surface area contributed by atoms with E-state index in [-0.39, 0.29) is 12.2 Å². The van der Waals surface area contributed by atoms with Gasteiger partial charge in [-0.1, -0.05) is 0 Å². The van der Waals surface area contributed by atoms with E-state index in [0.717, 1.165) is 0 Å². The van der Waals surface area contributed by atoms with Crippen molar-refractivity contribution in [3.05, 3.63) is 29.5 Å². The summed E-state index contributed by atoms with van der Waals surface area (Å²) in [4.78, 5) is 26.2. The van der Waals surface area contributed by atoms with Crippen molar-refractivity contribution in [2.24, 2.45) is 0 Å². The van der Waals surface area contributed by atoms with Crippen molar-refractivity contribution in [3.63, 3.8) is 0 Å². The van der Waals surface area contributed by atoms with Crippen LogP contribution in [0.5, 0.6) is 5.75 Å². The maximum Gasteiger partial charge on any atom is 0.349 e. The van der Waals surface area contributed by atoms with Crippen LogP contribution in [0.3, 0.4) is 0 Å². The van der Waals surface area contributed by atoms with Crippen LogP contribution < -0.4 is 4.74 Å². The fourth-order valence-corrected chi connectivity index (χ4v) is 2.29. The fourth-order valence-electron chi connectivity index (χ4n) is 2.29. The average molecular weight is 305 g/mol. The van der Waals surface area contributed by atoms with Gasteiger partial charge in [-0.25, -0.2) is 9.59 Å². The lowest BCUT2D eigenvalue weighted by atomic mass is 10.1. The molecule has 0 radical (unpaired) electrons. The van der Waals surface area contributed by atoms with Gasteiger partial charge in [-0.05, 0) is 45.9 Å². The summed E-state index contributed by atoms with van der Waals surface area (Å²) in [5.74, 6) is -1.07. The Morgan fingerprint density at radius 3 is 2.59 bits per heavy atom. The number of aromatic amines is 1. The lowest BCUT2D eigenvalue weighted by molar-refractivity contribution is -0.158. The van der Waals surface area contributed by atoms with Gasteiger partial charge in [-0.3, -0.25) is 0 Å². The number of hydrogen-bond donors (Lipinski definition) is 2. The number of aryl methyl sites for hydroxylation is 1. The maximum atomic E-state index is 11.9. The zero-order valence-corrected chi connectivity index (χ0v) is 13.0. The van der Waals surface area contributed by atoms with E-state index in [4.69, 9.17) is 9.47 Å². The van der Waals surface area contributed by atoms with Gasteiger partial charge < -0.3 is 19.6 Å². The number of carbonyl (C=O) groups is 2. The molecular formula is C16H19NO5. The van der Waals surface area contributed by atoms with Gasteiger partial charge in [-0.2, -0.15) is 0 Å². The second-order valence-corrected chi connectivity index (χ2v) is 5.47. The molecule has 0 atom stereocenters. The Balaban J connectivity index is 2.39. The van der Waals surface area contributed by atoms with Crippen LogP contribution in [0.25, 0.3) is 10.9 Å². The monoisotopic (exact) mass is 305 g/mol. The van der Waals surface area contributed by atoms with Crippen LogP contribution in [0.4, 0.5) is 0 Å². The van der Waals surface area contributed by atoms with Crippen molar-refractivity contribution in [2.75, 3.05) is 6.61 Å². The molecule has 1 aromatic carbocycles. The number of aromatic nitrogens is 1. The first-order valence-electron chi connectivity index (χ1n) is 6.98. The van der Waals surface area contributed by atoms with Gasteiger partial charge in [0.05, 0.1) is 12.2 Å². The Morgan fingerprint density at radius 1 is 1.32 bits per heavy atom. The third kappa shape index (κ3) is 2.90. The summed E-state index contributed by atoms with van der Waals surface area (Å²) in [5, 5.41) is 9.84. The normalized spacial score (nSPS) is 11.5. The lowest BCUT2D eigenvalue weighted by Gasteiger charge is -2.24. The molecule has 2 rings (SSSR count). The molecule has 118 valence electrons. The zero-order chi connectivity index (χ0) is 16.5. The largest absolute Gasteiger partial charge is 0.478 e. The van der Waals surface area contributed by atoms with Gasteiger partial charge in [0.2, 0.25) is 0 Å². The molecule has 0 saturated heterocycles. The highest BCUT2D eigenvalue weighted by atomic mass is 16.6. The number of fused-ring (bicyclic) bond motifs is 1. The van der Waals surface area contributed by atoms with E-state index < -0.39 is 17.5 Å². The van der Waals surface area contributed by atoms with Crippen LogP contribution in [0.2, 0.25) is 0 Å². The highest BCUT2D eigenvalue weighted by Crippen LogP contribution is 2.28. The van der Waals surface area contributed by atoms with E-state index >= 15 is 0 Å². The number of aromatic carboxylic acids is 1. The average Bonchev–Trinajstić information content (AvgIpc) is 2.73. The first-order chi connectivity index (χ1) is 10.3. The number of nitrogens with one attached hydrogen (secondary N) is 1. The minimum absolute atomic E-state index is 0.203. The van der Waals surface area contributed by atoms with Gasteiger partial charge in [-0.15, -0.1) is 0 Å². The minimum atomic E-state index is -1.15. The maximum absolute atomic E-state index is 11.9. The lowest BCUT2D eigenvalue weighted by Crippen LogP contribution is -2.39. The van der Waals surface area contributed by atoms with Gasteiger partial charge in [0.15, 0.2) is 5.60 Å². The molecular weight excluding hydrogens is 286 g/mol. The third-order valence-electron chi connectivity index (χ3n) is 3.31. The molecule has 0 saturated carbocycles. The Kier molecular flexibility index (Phi) is 4.12. The first kappa shape index (κ1) is 15.9. The number of carboxylic acids is 1. The van der Waals surface area contributed by atoms with E-state index in [9.17, 15) is 14.7 Å². The highest BCUT2D eigenvalue weighted by molar-refractivity contribution is 6.05. The van der Waals surface area contributed by atoms with E-state index in [1.54, 1.807) is 45.9 Å². The van der Waals surface area contributed by atoms with Gasteiger partial charge in [0.25, 0.3) is 0 Å². The van der Waals surface area contributed by atoms with E-state index in [2.05, 4.69) is 4.98 Å². The number of esters is 1. The predicted molar refractivity (Wildman–Crippen MR) is 81.3 cm³/mol. The van der Waals surface area contributed by atoms with Crippen molar-refractivity contribution < 1.29 is 24.2 Å². The molecule has 22 heavy (non-hydrogen) atoms. The molecule has 6 nitrogen and oxygen atoms in total. The Labute approximate surface area is 128 Å². The standard InChI is InChI=1S/C16H19NO5/c1-5-21-15(20)16(3,4)22-10-6-7-12-11(8-10)13(14(18)19)9(2)17-12/h6-8,17H,5H2,1-4H3,(H,18,19). The Bertz CT molecular complexity index is 729. The Morgan fingerprint density at radius 2 is 2.00 bits per heavy atom. The van der Waals surface area contributed by atoms with Crippen molar-refractivity contribution in [3.8, 4) is 5.75 Å². The first-order valence-corrected chi connectivity index (χ1v) is 6.98. The minimum Gasteiger partial charge on any atom is -0.478 e. The molecule has 0 amide bonds. The Hall–Kier alpha value is -2.50. The highest BCUT2D eigenvalue weighted by Gasteiger charge is 2.31. The molecule has 0 bridgehead atoms. The summed E-state index contributed by atoms with van der Waals surface area (Å²) < 4.78 is 10.7. The molecule has 2 aromatic rings. The third-order valence-corrected chi connectivity index (χ3v) is 3.31. The van der Waals surface area contributed by atoms with Gasteiger partial charge in [0, 0.05) is 16.6 Å². The summed E-state index contributed by atoms with van der Waals surface area (Å²) >= 11 is 0. The molecule has 0 spiro atoms. The number of H-pyrrole nitrogens is 1. The molecule has 2 N–H and O–H groups in total. The molecule has 0 unspecified atom stereocenters. The zero-order valence-electron chi connectivity index (χ0n) is 13.0. The predicted octanol–water partition coefficient (Wildman–Crippen LogP) is 2.90. The quantitative estimate of drug-likeness (QED) is 0.829. The van der Waals surface area contributed by atoms with E-state index in [0.29, 0.717) is 22.3 Å². The summed E-state index contributed by atoms with van der Waals surface area (Å²) in [6.07, 6.45) is 0. The second kappa shape index (κ2) is 5.71. The summed E-state index contributed by atoms with van der Waals surface area (Å²) in [6, 6.07) is 5.03. The van der Waals surface area contributed by atoms with Crippen LogP contribution in [0.15, 0.2) is 18.2 Å².